The molecular weight excluding hydrogens is 277 g/mol. The Morgan fingerprint density at radius 2 is 1.83 bits per heavy atom. The Balaban J connectivity index is 2.37. The maximum atomic E-state index is 12.6. The van der Waals surface area contributed by atoms with Gasteiger partial charge in [-0.15, -0.1) is 11.8 Å². The lowest BCUT2D eigenvalue weighted by Gasteiger charge is -2.03. The number of rotatable bonds is 7. The lowest BCUT2D eigenvalue weighted by molar-refractivity contribution is -0.117. The van der Waals surface area contributed by atoms with Gasteiger partial charge in [0.05, 0.1) is 11.5 Å². The number of halogens is 1. The number of primary amides is 1. The molecule has 0 unspecified atom stereocenters. The van der Waals surface area contributed by atoms with Gasteiger partial charge in [0.2, 0.25) is 5.91 Å². The van der Waals surface area contributed by atoms with E-state index in [0.29, 0.717) is 5.75 Å². The topological polar surface area (TPSA) is 77.2 Å². The largest absolute Gasteiger partial charge is 0.370 e. The normalized spacial score (nSPS) is 11.4. The third kappa shape index (κ3) is 6.02. The summed E-state index contributed by atoms with van der Waals surface area (Å²) in [7, 11) is -3.25. The highest BCUT2D eigenvalue weighted by molar-refractivity contribution is 8.00. The smallest absolute Gasteiger partial charge is 0.218 e. The number of thioether (sulfide) groups is 1. The molecule has 18 heavy (non-hydrogen) atoms. The van der Waals surface area contributed by atoms with Crippen LogP contribution in [0.5, 0.6) is 0 Å². The molecule has 0 heterocycles. The summed E-state index contributed by atoms with van der Waals surface area (Å²) >= 11 is 1.33. The molecule has 1 amide bonds. The molecular formula is C11H14FNO3S2. The first-order chi connectivity index (χ1) is 8.39. The molecule has 2 N–H and O–H groups in total. The second kappa shape index (κ2) is 6.75. The first-order valence-corrected chi connectivity index (χ1v) is 8.07. The molecule has 0 fully saturated rings. The van der Waals surface area contributed by atoms with E-state index in [1.54, 1.807) is 12.1 Å². The van der Waals surface area contributed by atoms with Gasteiger partial charge < -0.3 is 5.73 Å². The van der Waals surface area contributed by atoms with Crippen molar-refractivity contribution in [2.75, 3.05) is 17.3 Å². The van der Waals surface area contributed by atoms with Gasteiger partial charge in [0, 0.05) is 17.1 Å². The van der Waals surface area contributed by atoms with Crippen LogP contribution >= 0.6 is 11.8 Å². The van der Waals surface area contributed by atoms with Gasteiger partial charge in [0.15, 0.2) is 9.84 Å². The van der Waals surface area contributed by atoms with Gasteiger partial charge >= 0.3 is 0 Å². The first-order valence-electron chi connectivity index (χ1n) is 5.26. The minimum Gasteiger partial charge on any atom is -0.370 e. The van der Waals surface area contributed by atoms with Crippen molar-refractivity contribution in [1.29, 1.82) is 0 Å². The van der Waals surface area contributed by atoms with Crippen molar-refractivity contribution < 1.29 is 17.6 Å². The molecule has 0 radical (unpaired) electrons. The fourth-order valence-electron chi connectivity index (χ4n) is 1.18. The predicted molar refractivity (Wildman–Crippen MR) is 69.6 cm³/mol. The lowest BCUT2D eigenvalue weighted by Crippen LogP contribution is -2.19. The third-order valence-corrected chi connectivity index (χ3v) is 5.06. The van der Waals surface area contributed by atoms with Gasteiger partial charge in [-0.05, 0) is 24.3 Å². The van der Waals surface area contributed by atoms with Gasteiger partial charge in [0.1, 0.15) is 5.82 Å². The van der Waals surface area contributed by atoms with E-state index in [0.717, 1.165) is 4.90 Å². The van der Waals surface area contributed by atoms with Crippen molar-refractivity contribution in [2.45, 2.75) is 11.3 Å². The van der Waals surface area contributed by atoms with Crippen LogP contribution in [0.15, 0.2) is 29.2 Å². The molecule has 0 aliphatic heterocycles. The zero-order valence-corrected chi connectivity index (χ0v) is 11.3. The fourth-order valence-corrected chi connectivity index (χ4v) is 3.81. The molecule has 1 aromatic carbocycles. The van der Waals surface area contributed by atoms with Gasteiger partial charge in [-0.2, -0.15) is 0 Å². The summed E-state index contributed by atoms with van der Waals surface area (Å²) in [5, 5.41) is 0. The summed E-state index contributed by atoms with van der Waals surface area (Å²) in [6.07, 6.45) is -0.149. The molecule has 0 saturated carbocycles. The standard InChI is InChI=1S/C11H14FNO3S2/c12-9-1-3-10(4-2-9)17-6-8-18(15,16)7-5-11(13)14/h1-4H,5-8H2,(H2,13,14). The number of carbonyl (C=O) groups excluding carboxylic acids is 1. The van der Waals surface area contributed by atoms with Gasteiger partial charge in [-0.1, -0.05) is 0 Å². The summed E-state index contributed by atoms with van der Waals surface area (Å²) in [4.78, 5) is 11.3. The molecule has 0 atom stereocenters. The number of nitrogens with two attached hydrogens (primary N) is 1. The molecule has 0 bridgehead atoms. The van der Waals surface area contributed by atoms with E-state index in [1.807, 2.05) is 0 Å². The second-order valence-electron chi connectivity index (χ2n) is 3.67. The quantitative estimate of drug-likeness (QED) is 0.766. The summed E-state index contributed by atoms with van der Waals surface area (Å²) in [5.74, 6) is -0.820. The van der Waals surface area contributed by atoms with E-state index in [9.17, 15) is 17.6 Å². The Morgan fingerprint density at radius 3 is 2.39 bits per heavy atom. The summed E-state index contributed by atoms with van der Waals surface area (Å²) in [5.41, 5.74) is 4.89. The van der Waals surface area contributed by atoms with E-state index >= 15 is 0 Å². The first kappa shape index (κ1) is 15.0. The highest BCUT2D eigenvalue weighted by atomic mass is 32.2. The molecule has 0 aliphatic carbocycles. The second-order valence-corrected chi connectivity index (χ2v) is 7.14. The van der Waals surface area contributed by atoms with Crippen molar-refractivity contribution in [1.82, 2.24) is 0 Å². The Morgan fingerprint density at radius 1 is 1.22 bits per heavy atom. The van der Waals surface area contributed by atoms with Crippen molar-refractivity contribution in [3.8, 4) is 0 Å². The average Bonchev–Trinajstić information content (AvgIpc) is 2.29. The maximum Gasteiger partial charge on any atom is 0.218 e. The third-order valence-electron chi connectivity index (χ3n) is 2.14. The minimum absolute atomic E-state index is 0.0255. The zero-order chi connectivity index (χ0) is 13.6. The van der Waals surface area contributed by atoms with Crippen LogP contribution in [0.3, 0.4) is 0 Å². The fraction of sp³-hybridized carbons (Fsp3) is 0.364. The predicted octanol–water partition coefficient (Wildman–Crippen LogP) is 1.21. The monoisotopic (exact) mass is 291 g/mol. The van der Waals surface area contributed by atoms with Crippen LogP contribution < -0.4 is 5.73 Å². The number of benzene rings is 1. The van der Waals surface area contributed by atoms with Crippen LogP contribution in [0, 0.1) is 5.82 Å². The van der Waals surface area contributed by atoms with Crippen molar-refractivity contribution in [3.05, 3.63) is 30.1 Å². The van der Waals surface area contributed by atoms with Crippen LogP contribution in [0.25, 0.3) is 0 Å². The minimum atomic E-state index is -3.25. The SMILES string of the molecule is NC(=O)CCS(=O)(=O)CCSc1ccc(F)cc1. The summed E-state index contributed by atoms with van der Waals surface area (Å²) in [6, 6.07) is 5.83. The van der Waals surface area contributed by atoms with Gasteiger partial charge in [-0.3, -0.25) is 4.79 Å². The number of amides is 1. The Hall–Kier alpha value is -1.08. The molecule has 1 aromatic rings. The van der Waals surface area contributed by atoms with Crippen LogP contribution in [0.1, 0.15) is 6.42 Å². The molecule has 7 heteroatoms. The molecule has 0 spiro atoms. The lowest BCUT2D eigenvalue weighted by atomic mass is 10.4. The van der Waals surface area contributed by atoms with E-state index in [4.69, 9.17) is 5.73 Å². The van der Waals surface area contributed by atoms with Crippen LogP contribution in [-0.2, 0) is 14.6 Å². The molecule has 1 rings (SSSR count). The Labute approximate surface area is 110 Å². The van der Waals surface area contributed by atoms with Crippen molar-refractivity contribution in [3.63, 3.8) is 0 Å². The molecule has 4 nitrogen and oxygen atoms in total. The Bertz CT molecular complexity index is 500. The Kier molecular flexibility index (Phi) is 5.61. The van der Waals surface area contributed by atoms with E-state index in [1.165, 1.54) is 23.9 Å². The molecule has 0 saturated heterocycles. The molecule has 0 aromatic heterocycles. The average molecular weight is 291 g/mol. The number of carbonyl (C=O) groups is 1. The highest BCUT2D eigenvalue weighted by Gasteiger charge is 2.12. The molecule has 100 valence electrons. The maximum absolute atomic E-state index is 12.6. The highest BCUT2D eigenvalue weighted by Crippen LogP contribution is 2.18. The van der Waals surface area contributed by atoms with Crippen molar-refractivity contribution >= 4 is 27.5 Å². The van der Waals surface area contributed by atoms with Crippen LogP contribution in [0.2, 0.25) is 0 Å². The number of hydrogen-bond acceptors (Lipinski definition) is 4. The van der Waals surface area contributed by atoms with Crippen LogP contribution in [-0.4, -0.2) is 31.6 Å². The van der Waals surface area contributed by atoms with Crippen molar-refractivity contribution in [2.24, 2.45) is 5.73 Å². The van der Waals surface area contributed by atoms with E-state index in [-0.39, 0.29) is 23.7 Å². The number of hydrogen-bond donors (Lipinski definition) is 1. The van der Waals surface area contributed by atoms with E-state index < -0.39 is 15.7 Å². The van der Waals surface area contributed by atoms with Crippen LogP contribution in [0.4, 0.5) is 4.39 Å². The van der Waals surface area contributed by atoms with Gasteiger partial charge in [-0.25, -0.2) is 12.8 Å². The molecule has 0 aliphatic rings. The summed E-state index contributed by atoms with van der Waals surface area (Å²) < 4.78 is 35.6. The van der Waals surface area contributed by atoms with Gasteiger partial charge in [0.25, 0.3) is 0 Å². The zero-order valence-electron chi connectivity index (χ0n) is 9.63. The summed E-state index contributed by atoms with van der Waals surface area (Å²) in [6.45, 7) is 0. The number of sulfone groups is 1. The van der Waals surface area contributed by atoms with E-state index in [2.05, 4.69) is 0 Å².